The summed E-state index contributed by atoms with van der Waals surface area (Å²) in [5.74, 6) is 2.89. The Kier molecular flexibility index (Phi) is 3.82. The molecule has 1 fully saturated rings. The fourth-order valence-electron chi connectivity index (χ4n) is 2.13. The van der Waals surface area contributed by atoms with Gasteiger partial charge in [0.25, 0.3) is 0 Å². The lowest BCUT2D eigenvalue weighted by molar-refractivity contribution is 0.420. The van der Waals surface area contributed by atoms with E-state index >= 15 is 0 Å². The van der Waals surface area contributed by atoms with Crippen molar-refractivity contribution >= 4 is 23.4 Å². The molecular weight excluding hydrogens is 242 g/mol. The first-order chi connectivity index (χ1) is 7.61. The molecule has 1 aliphatic rings. The zero-order valence-electron chi connectivity index (χ0n) is 9.69. The molecule has 2 N–H and O–H groups in total. The van der Waals surface area contributed by atoms with E-state index in [-0.39, 0.29) is 6.04 Å². The van der Waals surface area contributed by atoms with Crippen molar-refractivity contribution in [3.63, 3.8) is 0 Å². The molecule has 2 atom stereocenters. The molecule has 2 unspecified atom stereocenters. The first kappa shape index (κ1) is 12.3. The molecule has 1 aromatic rings. The summed E-state index contributed by atoms with van der Waals surface area (Å²) in [5.41, 5.74) is 7.33. The lowest BCUT2D eigenvalue weighted by Gasteiger charge is -2.21. The number of thioether (sulfide) groups is 1. The van der Waals surface area contributed by atoms with Gasteiger partial charge in [0.2, 0.25) is 0 Å². The van der Waals surface area contributed by atoms with Gasteiger partial charge in [0.05, 0.1) is 23.0 Å². The standard InChI is InChI=1S/C11H18ClN3S/c1-7(2)15-11(9(12)5-14-15)10(13)8-3-4-16-6-8/h5,7-8,10H,3-4,6,13H2,1-2H3. The molecule has 0 spiro atoms. The van der Waals surface area contributed by atoms with Crippen molar-refractivity contribution in [1.29, 1.82) is 0 Å². The molecular formula is C11H18ClN3S. The lowest BCUT2D eigenvalue weighted by Crippen LogP contribution is -2.25. The summed E-state index contributed by atoms with van der Waals surface area (Å²) in [5, 5.41) is 5.01. The van der Waals surface area contributed by atoms with Gasteiger partial charge in [-0.25, -0.2) is 0 Å². The maximum Gasteiger partial charge on any atom is 0.0834 e. The van der Waals surface area contributed by atoms with E-state index in [1.807, 2.05) is 16.4 Å². The average Bonchev–Trinajstić information content (AvgIpc) is 2.84. The van der Waals surface area contributed by atoms with E-state index in [4.69, 9.17) is 17.3 Å². The molecule has 1 aliphatic heterocycles. The normalized spacial score (nSPS) is 22.9. The van der Waals surface area contributed by atoms with Gasteiger partial charge in [0.1, 0.15) is 0 Å². The Morgan fingerprint density at radius 1 is 1.62 bits per heavy atom. The molecule has 2 rings (SSSR count). The Labute approximate surface area is 106 Å². The second-order valence-electron chi connectivity index (χ2n) is 4.57. The third-order valence-corrected chi connectivity index (χ3v) is 4.54. The van der Waals surface area contributed by atoms with Crippen molar-refractivity contribution in [2.24, 2.45) is 11.7 Å². The monoisotopic (exact) mass is 259 g/mol. The predicted molar refractivity (Wildman–Crippen MR) is 70.0 cm³/mol. The molecule has 1 aromatic heterocycles. The van der Waals surface area contributed by atoms with Gasteiger partial charge in [0, 0.05) is 6.04 Å². The summed E-state index contributed by atoms with van der Waals surface area (Å²) < 4.78 is 1.95. The van der Waals surface area contributed by atoms with Crippen LogP contribution in [0.2, 0.25) is 5.02 Å². The van der Waals surface area contributed by atoms with E-state index in [0.717, 1.165) is 11.4 Å². The van der Waals surface area contributed by atoms with Crippen LogP contribution in [-0.2, 0) is 0 Å². The fraction of sp³-hybridized carbons (Fsp3) is 0.727. The fourth-order valence-corrected chi connectivity index (χ4v) is 3.70. The van der Waals surface area contributed by atoms with Crippen molar-refractivity contribution in [2.75, 3.05) is 11.5 Å². The number of hydrogen-bond donors (Lipinski definition) is 1. The highest BCUT2D eigenvalue weighted by molar-refractivity contribution is 7.99. The Balaban J connectivity index is 2.27. The van der Waals surface area contributed by atoms with E-state index in [0.29, 0.717) is 17.0 Å². The third-order valence-electron chi connectivity index (χ3n) is 3.06. The minimum Gasteiger partial charge on any atom is -0.322 e. The van der Waals surface area contributed by atoms with Crippen LogP contribution in [0.25, 0.3) is 0 Å². The molecule has 3 nitrogen and oxygen atoms in total. The van der Waals surface area contributed by atoms with Crippen LogP contribution in [0.15, 0.2) is 6.20 Å². The van der Waals surface area contributed by atoms with Gasteiger partial charge < -0.3 is 5.73 Å². The summed E-state index contributed by atoms with van der Waals surface area (Å²) in [6, 6.07) is 0.329. The Morgan fingerprint density at radius 3 is 2.94 bits per heavy atom. The van der Waals surface area contributed by atoms with Crippen LogP contribution in [-0.4, -0.2) is 21.3 Å². The molecule has 0 aromatic carbocycles. The van der Waals surface area contributed by atoms with Crippen LogP contribution < -0.4 is 5.73 Å². The summed E-state index contributed by atoms with van der Waals surface area (Å²) in [4.78, 5) is 0. The largest absolute Gasteiger partial charge is 0.322 e. The first-order valence-corrected chi connectivity index (χ1v) is 7.20. The van der Waals surface area contributed by atoms with E-state index in [2.05, 4.69) is 18.9 Å². The molecule has 5 heteroatoms. The van der Waals surface area contributed by atoms with Gasteiger partial charge >= 0.3 is 0 Å². The summed E-state index contributed by atoms with van der Waals surface area (Å²) in [6.45, 7) is 4.20. The second-order valence-corrected chi connectivity index (χ2v) is 6.12. The molecule has 16 heavy (non-hydrogen) atoms. The Hall–Kier alpha value is -0.190. The number of hydrogen-bond acceptors (Lipinski definition) is 3. The minimum absolute atomic E-state index is 0.0207. The van der Waals surface area contributed by atoms with E-state index in [1.54, 1.807) is 6.20 Å². The topological polar surface area (TPSA) is 43.8 Å². The Bertz CT molecular complexity index is 358. The smallest absolute Gasteiger partial charge is 0.0834 e. The van der Waals surface area contributed by atoms with Gasteiger partial charge in [-0.15, -0.1) is 0 Å². The number of nitrogens with zero attached hydrogens (tertiary/aromatic N) is 2. The maximum atomic E-state index is 6.33. The highest BCUT2D eigenvalue weighted by Crippen LogP contribution is 2.35. The molecule has 0 bridgehead atoms. The van der Waals surface area contributed by atoms with Crippen molar-refractivity contribution in [3.8, 4) is 0 Å². The van der Waals surface area contributed by atoms with Gasteiger partial charge in [0.15, 0.2) is 0 Å². The van der Waals surface area contributed by atoms with Crippen LogP contribution in [0.5, 0.6) is 0 Å². The van der Waals surface area contributed by atoms with Gasteiger partial charge in [-0.3, -0.25) is 4.68 Å². The number of rotatable bonds is 3. The van der Waals surface area contributed by atoms with Crippen molar-refractivity contribution in [3.05, 3.63) is 16.9 Å². The van der Waals surface area contributed by atoms with Crippen molar-refractivity contribution in [2.45, 2.75) is 32.4 Å². The Morgan fingerprint density at radius 2 is 2.38 bits per heavy atom. The summed E-state index contributed by atoms with van der Waals surface area (Å²) >= 11 is 8.17. The third kappa shape index (κ3) is 2.24. The van der Waals surface area contributed by atoms with Crippen LogP contribution >= 0.6 is 23.4 Å². The number of halogens is 1. The molecule has 0 saturated carbocycles. The highest BCUT2D eigenvalue weighted by Gasteiger charge is 2.28. The molecule has 0 amide bonds. The average molecular weight is 260 g/mol. The van der Waals surface area contributed by atoms with Crippen molar-refractivity contribution < 1.29 is 0 Å². The quantitative estimate of drug-likeness (QED) is 0.908. The SMILES string of the molecule is CC(C)n1ncc(Cl)c1C(N)C1CCSC1. The van der Waals surface area contributed by atoms with E-state index < -0.39 is 0 Å². The lowest BCUT2D eigenvalue weighted by atomic mass is 9.97. The van der Waals surface area contributed by atoms with Crippen LogP contribution in [0.4, 0.5) is 0 Å². The second kappa shape index (κ2) is 4.98. The predicted octanol–water partition coefficient (Wildman–Crippen LogP) is 2.87. The highest BCUT2D eigenvalue weighted by atomic mass is 35.5. The van der Waals surface area contributed by atoms with Gasteiger partial charge in [-0.05, 0) is 37.7 Å². The van der Waals surface area contributed by atoms with Crippen LogP contribution in [0.3, 0.4) is 0 Å². The summed E-state index contributed by atoms with van der Waals surface area (Å²) in [7, 11) is 0. The number of aromatic nitrogens is 2. The first-order valence-electron chi connectivity index (χ1n) is 5.67. The van der Waals surface area contributed by atoms with E-state index in [9.17, 15) is 0 Å². The molecule has 2 heterocycles. The zero-order chi connectivity index (χ0) is 11.7. The molecule has 90 valence electrons. The van der Waals surface area contributed by atoms with E-state index in [1.165, 1.54) is 12.2 Å². The minimum atomic E-state index is 0.0207. The van der Waals surface area contributed by atoms with Crippen LogP contribution in [0.1, 0.15) is 38.0 Å². The van der Waals surface area contributed by atoms with Crippen molar-refractivity contribution in [1.82, 2.24) is 9.78 Å². The molecule has 1 saturated heterocycles. The van der Waals surface area contributed by atoms with Crippen LogP contribution in [0, 0.1) is 5.92 Å². The van der Waals surface area contributed by atoms with Gasteiger partial charge in [-0.1, -0.05) is 11.6 Å². The maximum absolute atomic E-state index is 6.33. The molecule has 0 aliphatic carbocycles. The summed E-state index contributed by atoms with van der Waals surface area (Å²) in [6.07, 6.45) is 2.89. The van der Waals surface area contributed by atoms with Gasteiger partial charge in [-0.2, -0.15) is 16.9 Å². The zero-order valence-corrected chi connectivity index (χ0v) is 11.3. The number of nitrogens with two attached hydrogens (primary N) is 1. The molecule has 0 radical (unpaired) electrons.